The second-order valence-corrected chi connectivity index (χ2v) is 10.4. The molecule has 0 spiro atoms. The van der Waals surface area contributed by atoms with Gasteiger partial charge in [0.25, 0.3) is 0 Å². The minimum atomic E-state index is 0.258. The number of imidazole rings is 1. The van der Waals surface area contributed by atoms with Gasteiger partial charge < -0.3 is 14.0 Å². The first-order valence-electron chi connectivity index (χ1n) is 13.0. The van der Waals surface area contributed by atoms with E-state index in [2.05, 4.69) is 38.6 Å². The van der Waals surface area contributed by atoms with E-state index in [-0.39, 0.29) is 5.92 Å². The normalized spacial score (nSPS) is 16.6. The maximum absolute atomic E-state index is 12.7. The standard InChI is InChI=1S/C30H31ClN4O2/c1-37-24-9-5-8-22(18-24)29-27(20-33-14-16-34(17-15-33)30(36)21-6-4-7-21)35-19-23(12-13-28(35)32-29)25-10-2-3-11-26(25)31/h2-3,5,8-13,18-19,21H,4,6-7,14-17,20H2,1H3. The smallest absolute Gasteiger partial charge is 0.225 e. The Kier molecular flexibility index (Phi) is 6.61. The van der Waals surface area contributed by atoms with Crippen LogP contribution in [0.5, 0.6) is 5.75 Å². The van der Waals surface area contributed by atoms with Crippen molar-refractivity contribution in [2.75, 3.05) is 33.3 Å². The predicted octanol–water partition coefficient (Wildman–Crippen LogP) is 5.77. The van der Waals surface area contributed by atoms with Crippen LogP contribution in [0.25, 0.3) is 28.0 Å². The Bertz CT molecular complexity index is 1440. The highest BCUT2D eigenvalue weighted by atomic mass is 35.5. The number of benzene rings is 2. The fraction of sp³-hybridized carbons (Fsp3) is 0.333. The molecule has 2 aromatic heterocycles. The molecule has 0 N–H and O–H groups in total. The van der Waals surface area contributed by atoms with Crippen LogP contribution in [0.15, 0.2) is 66.9 Å². The molecule has 4 aromatic rings. The molecule has 37 heavy (non-hydrogen) atoms. The van der Waals surface area contributed by atoms with E-state index in [1.807, 2.05) is 42.5 Å². The van der Waals surface area contributed by atoms with Gasteiger partial charge in [0.05, 0.1) is 18.5 Å². The number of piperazine rings is 1. The summed E-state index contributed by atoms with van der Waals surface area (Å²) >= 11 is 6.54. The van der Waals surface area contributed by atoms with Gasteiger partial charge in [-0.2, -0.15) is 0 Å². The van der Waals surface area contributed by atoms with Crippen molar-refractivity contribution < 1.29 is 9.53 Å². The average Bonchev–Trinajstić information content (AvgIpc) is 3.26. The molecule has 1 aliphatic heterocycles. The Morgan fingerprint density at radius 2 is 1.81 bits per heavy atom. The molecule has 6 rings (SSSR count). The number of amides is 1. The molecule has 2 fully saturated rings. The fourth-order valence-corrected chi connectivity index (χ4v) is 5.60. The lowest BCUT2D eigenvalue weighted by atomic mass is 9.84. The fourth-order valence-electron chi connectivity index (χ4n) is 5.35. The SMILES string of the molecule is COc1cccc(-c2nc3ccc(-c4ccccc4Cl)cn3c2CN2CCN(C(=O)C3CCC3)CC2)c1. The number of nitrogens with zero attached hydrogens (tertiary/aromatic N) is 4. The number of carbonyl (C=O) groups excluding carboxylic acids is 1. The molecule has 2 aliphatic rings. The molecule has 7 heteroatoms. The predicted molar refractivity (Wildman–Crippen MR) is 147 cm³/mol. The van der Waals surface area contributed by atoms with Crippen LogP contribution in [-0.4, -0.2) is 58.4 Å². The average molecular weight is 515 g/mol. The summed E-state index contributed by atoms with van der Waals surface area (Å²) in [4.78, 5) is 22.3. The zero-order valence-electron chi connectivity index (χ0n) is 21.1. The van der Waals surface area contributed by atoms with Crippen LogP contribution in [0.2, 0.25) is 5.02 Å². The number of hydrogen-bond acceptors (Lipinski definition) is 4. The molecule has 0 unspecified atom stereocenters. The van der Waals surface area contributed by atoms with Crippen LogP contribution in [0.1, 0.15) is 25.0 Å². The molecule has 6 nitrogen and oxygen atoms in total. The van der Waals surface area contributed by atoms with Crippen LogP contribution >= 0.6 is 11.6 Å². The molecule has 3 heterocycles. The lowest BCUT2D eigenvalue weighted by molar-refractivity contribution is -0.140. The maximum atomic E-state index is 12.7. The minimum Gasteiger partial charge on any atom is -0.497 e. The van der Waals surface area contributed by atoms with Gasteiger partial charge >= 0.3 is 0 Å². The Morgan fingerprint density at radius 3 is 2.54 bits per heavy atom. The van der Waals surface area contributed by atoms with Gasteiger partial charge in [0.2, 0.25) is 5.91 Å². The number of hydrogen-bond donors (Lipinski definition) is 0. The summed E-state index contributed by atoms with van der Waals surface area (Å²) in [7, 11) is 1.68. The number of rotatable bonds is 6. The van der Waals surface area contributed by atoms with Crippen molar-refractivity contribution in [1.82, 2.24) is 19.2 Å². The first-order chi connectivity index (χ1) is 18.1. The largest absolute Gasteiger partial charge is 0.497 e. The summed E-state index contributed by atoms with van der Waals surface area (Å²) in [5, 5.41) is 0.726. The van der Waals surface area contributed by atoms with E-state index in [9.17, 15) is 4.79 Å². The lowest BCUT2D eigenvalue weighted by Gasteiger charge is -2.38. The molecule has 0 radical (unpaired) electrons. The Labute approximate surface area is 222 Å². The van der Waals surface area contributed by atoms with Crippen LogP contribution in [0, 0.1) is 5.92 Å². The summed E-state index contributed by atoms with van der Waals surface area (Å²) in [5.41, 5.74) is 6.03. The number of aromatic nitrogens is 2. The van der Waals surface area contributed by atoms with Crippen LogP contribution in [0.3, 0.4) is 0 Å². The second-order valence-electron chi connectivity index (χ2n) is 9.99. The molecule has 0 bridgehead atoms. The second kappa shape index (κ2) is 10.2. The van der Waals surface area contributed by atoms with Crippen molar-refractivity contribution in [3.8, 4) is 28.1 Å². The van der Waals surface area contributed by atoms with Crippen molar-refractivity contribution in [2.24, 2.45) is 5.92 Å². The summed E-state index contributed by atoms with van der Waals surface area (Å²) in [5.74, 6) is 1.41. The third kappa shape index (κ3) is 4.72. The van der Waals surface area contributed by atoms with Crippen LogP contribution < -0.4 is 4.74 Å². The molecule has 2 aromatic carbocycles. The number of halogens is 1. The topological polar surface area (TPSA) is 50.1 Å². The first-order valence-corrected chi connectivity index (χ1v) is 13.4. The molecular weight excluding hydrogens is 484 g/mol. The third-order valence-corrected chi connectivity index (χ3v) is 8.09. The zero-order valence-corrected chi connectivity index (χ0v) is 21.8. The van der Waals surface area contributed by atoms with Crippen molar-refractivity contribution in [3.05, 3.63) is 77.6 Å². The van der Waals surface area contributed by atoms with Gasteiger partial charge in [0.15, 0.2) is 0 Å². The van der Waals surface area contributed by atoms with Gasteiger partial charge in [-0.3, -0.25) is 9.69 Å². The van der Waals surface area contributed by atoms with Gasteiger partial charge in [0.1, 0.15) is 11.4 Å². The van der Waals surface area contributed by atoms with Crippen LogP contribution in [0.4, 0.5) is 0 Å². The van der Waals surface area contributed by atoms with Crippen molar-refractivity contribution in [1.29, 1.82) is 0 Å². The molecule has 1 saturated heterocycles. The number of pyridine rings is 1. The summed E-state index contributed by atoms with van der Waals surface area (Å²) < 4.78 is 7.69. The summed E-state index contributed by atoms with van der Waals surface area (Å²) in [6, 6.07) is 20.1. The maximum Gasteiger partial charge on any atom is 0.225 e. The van der Waals surface area contributed by atoms with Crippen molar-refractivity contribution in [3.63, 3.8) is 0 Å². The molecule has 1 saturated carbocycles. The van der Waals surface area contributed by atoms with Gasteiger partial charge in [-0.25, -0.2) is 4.98 Å². The van der Waals surface area contributed by atoms with E-state index in [0.29, 0.717) is 5.91 Å². The molecule has 1 amide bonds. The van der Waals surface area contributed by atoms with Crippen molar-refractivity contribution in [2.45, 2.75) is 25.8 Å². The van der Waals surface area contributed by atoms with Crippen LogP contribution in [-0.2, 0) is 11.3 Å². The lowest BCUT2D eigenvalue weighted by Crippen LogP contribution is -2.50. The highest BCUT2D eigenvalue weighted by Crippen LogP contribution is 2.33. The van der Waals surface area contributed by atoms with E-state index in [1.165, 1.54) is 6.42 Å². The highest BCUT2D eigenvalue weighted by molar-refractivity contribution is 6.33. The van der Waals surface area contributed by atoms with Crippen molar-refractivity contribution >= 4 is 23.2 Å². The van der Waals surface area contributed by atoms with E-state index < -0.39 is 0 Å². The number of fused-ring (bicyclic) bond motifs is 1. The first kappa shape index (κ1) is 24.0. The zero-order chi connectivity index (χ0) is 25.4. The molecular formula is C30H31ClN4O2. The summed E-state index contributed by atoms with van der Waals surface area (Å²) in [6.45, 7) is 4.02. The molecule has 1 aliphatic carbocycles. The number of methoxy groups -OCH3 is 1. The minimum absolute atomic E-state index is 0.258. The van der Waals surface area contributed by atoms with E-state index >= 15 is 0 Å². The quantitative estimate of drug-likeness (QED) is 0.327. The van der Waals surface area contributed by atoms with E-state index in [1.54, 1.807) is 7.11 Å². The van der Waals surface area contributed by atoms with Gasteiger partial charge in [-0.05, 0) is 48.7 Å². The van der Waals surface area contributed by atoms with Gasteiger partial charge in [-0.15, -0.1) is 0 Å². The summed E-state index contributed by atoms with van der Waals surface area (Å²) in [6.07, 6.45) is 5.43. The Hall–Kier alpha value is -3.35. The molecule has 190 valence electrons. The monoisotopic (exact) mass is 514 g/mol. The highest BCUT2D eigenvalue weighted by Gasteiger charge is 2.31. The Morgan fingerprint density at radius 1 is 1.00 bits per heavy atom. The third-order valence-electron chi connectivity index (χ3n) is 7.76. The van der Waals surface area contributed by atoms with E-state index in [0.717, 1.165) is 90.1 Å². The van der Waals surface area contributed by atoms with Gasteiger partial charge in [-0.1, -0.05) is 48.4 Å². The number of ether oxygens (including phenoxy) is 1. The molecule has 0 atom stereocenters. The van der Waals surface area contributed by atoms with Gasteiger partial charge in [0, 0.05) is 61.0 Å². The van der Waals surface area contributed by atoms with E-state index in [4.69, 9.17) is 21.3 Å². The Balaban J connectivity index is 1.35. The number of carbonyl (C=O) groups is 1.